The zero-order chi connectivity index (χ0) is 13.2. The molecule has 3 aromatic rings. The third kappa shape index (κ3) is 2.11. The van der Waals surface area contributed by atoms with Crippen molar-refractivity contribution < 1.29 is 0 Å². The Bertz CT molecular complexity index is 704. The van der Waals surface area contributed by atoms with Gasteiger partial charge >= 0.3 is 0 Å². The van der Waals surface area contributed by atoms with Crippen LogP contribution in [0.3, 0.4) is 0 Å². The van der Waals surface area contributed by atoms with Crippen LogP contribution in [0.4, 0.5) is 0 Å². The largest absolute Gasteiger partial charge is 0.330 e. The molecule has 0 unspecified atom stereocenters. The van der Waals surface area contributed by atoms with Crippen LogP contribution in [0.25, 0.3) is 16.9 Å². The summed E-state index contributed by atoms with van der Waals surface area (Å²) in [5.74, 6) is 0. The Morgan fingerprint density at radius 3 is 2.63 bits per heavy atom. The van der Waals surface area contributed by atoms with Gasteiger partial charge in [-0.25, -0.2) is 4.98 Å². The van der Waals surface area contributed by atoms with E-state index < -0.39 is 0 Å². The maximum absolute atomic E-state index is 6.22. The fraction of sp³-hybridized carbons (Fsp3) is 0.133. The predicted molar refractivity (Wildman–Crippen MR) is 78.4 cm³/mol. The van der Waals surface area contributed by atoms with Crippen molar-refractivity contribution in [3.05, 3.63) is 59.4 Å². The van der Waals surface area contributed by atoms with Gasteiger partial charge in [-0.05, 0) is 18.7 Å². The van der Waals surface area contributed by atoms with Gasteiger partial charge in [-0.3, -0.25) is 4.40 Å². The molecule has 0 aliphatic heterocycles. The lowest BCUT2D eigenvalue weighted by atomic mass is 10.1. The monoisotopic (exact) mass is 271 g/mol. The molecule has 4 heteroatoms. The summed E-state index contributed by atoms with van der Waals surface area (Å²) in [5.41, 5.74) is 9.66. The Hall–Kier alpha value is -1.84. The summed E-state index contributed by atoms with van der Waals surface area (Å²) in [6, 6.07) is 14.0. The maximum Gasteiger partial charge on any atom is 0.156 e. The van der Waals surface area contributed by atoms with Crippen LogP contribution in [0.2, 0.25) is 5.02 Å². The molecule has 0 atom stereocenters. The summed E-state index contributed by atoms with van der Waals surface area (Å²) in [4.78, 5) is 4.63. The maximum atomic E-state index is 6.22. The Labute approximate surface area is 116 Å². The highest BCUT2D eigenvalue weighted by atomic mass is 35.5. The fourth-order valence-electron chi connectivity index (χ4n) is 2.29. The molecule has 0 radical (unpaired) electrons. The molecule has 2 heterocycles. The zero-order valence-electron chi connectivity index (χ0n) is 10.4. The van der Waals surface area contributed by atoms with Crippen LogP contribution in [0.1, 0.15) is 5.69 Å². The normalized spacial score (nSPS) is 11.1. The predicted octanol–water partition coefficient (Wildman–Crippen LogP) is 3.16. The van der Waals surface area contributed by atoms with E-state index in [1.54, 1.807) is 0 Å². The topological polar surface area (TPSA) is 43.3 Å². The number of imidazole rings is 1. The molecular formula is C15H14ClN3. The van der Waals surface area contributed by atoms with Crippen LogP contribution in [0.5, 0.6) is 0 Å². The van der Waals surface area contributed by atoms with E-state index in [-0.39, 0.29) is 0 Å². The fourth-order valence-corrected chi connectivity index (χ4v) is 2.50. The number of fused-ring (bicyclic) bond motifs is 1. The van der Waals surface area contributed by atoms with E-state index in [2.05, 4.69) is 17.1 Å². The summed E-state index contributed by atoms with van der Waals surface area (Å²) in [7, 11) is 0. The zero-order valence-corrected chi connectivity index (χ0v) is 11.1. The molecule has 1 aromatic carbocycles. The van der Waals surface area contributed by atoms with Crippen LogP contribution in [-0.4, -0.2) is 15.9 Å². The number of aromatic nitrogens is 2. The highest BCUT2D eigenvalue weighted by molar-refractivity contribution is 6.33. The standard InChI is InChI=1S/C15H14ClN3/c16-12-7-4-10-19-14(11-5-2-1-3-6-11)13(8-9-17)18-15(12)19/h1-7,10H,8-9,17H2. The van der Waals surface area contributed by atoms with Crippen molar-refractivity contribution in [1.82, 2.24) is 9.38 Å². The first-order valence-electron chi connectivity index (χ1n) is 6.22. The minimum Gasteiger partial charge on any atom is -0.330 e. The van der Waals surface area contributed by atoms with Gasteiger partial charge in [0.05, 0.1) is 16.4 Å². The van der Waals surface area contributed by atoms with Crippen LogP contribution < -0.4 is 5.73 Å². The quantitative estimate of drug-likeness (QED) is 0.795. The second-order valence-corrected chi connectivity index (χ2v) is 4.77. The van der Waals surface area contributed by atoms with Gasteiger partial charge in [-0.2, -0.15) is 0 Å². The molecule has 0 aliphatic rings. The van der Waals surface area contributed by atoms with Gasteiger partial charge in [0.25, 0.3) is 0 Å². The highest BCUT2D eigenvalue weighted by Crippen LogP contribution is 2.28. The Morgan fingerprint density at radius 2 is 1.89 bits per heavy atom. The molecule has 96 valence electrons. The lowest BCUT2D eigenvalue weighted by Crippen LogP contribution is -2.04. The average Bonchev–Trinajstić information content (AvgIpc) is 2.80. The molecule has 3 rings (SSSR count). The minimum absolute atomic E-state index is 0.571. The molecular weight excluding hydrogens is 258 g/mol. The van der Waals surface area contributed by atoms with Crippen molar-refractivity contribution in [1.29, 1.82) is 0 Å². The van der Waals surface area contributed by atoms with Gasteiger partial charge in [0.1, 0.15) is 0 Å². The lowest BCUT2D eigenvalue weighted by Gasteiger charge is -2.04. The molecule has 0 saturated carbocycles. The van der Waals surface area contributed by atoms with E-state index in [4.69, 9.17) is 17.3 Å². The summed E-state index contributed by atoms with van der Waals surface area (Å²) >= 11 is 6.22. The number of hydrogen-bond acceptors (Lipinski definition) is 2. The molecule has 2 aromatic heterocycles. The van der Waals surface area contributed by atoms with Crippen molar-refractivity contribution in [2.24, 2.45) is 5.73 Å². The Morgan fingerprint density at radius 1 is 1.11 bits per heavy atom. The summed E-state index contributed by atoms with van der Waals surface area (Å²) in [6.07, 6.45) is 2.72. The smallest absolute Gasteiger partial charge is 0.156 e. The van der Waals surface area contributed by atoms with Gasteiger partial charge in [0.15, 0.2) is 5.65 Å². The average molecular weight is 272 g/mol. The van der Waals surface area contributed by atoms with Crippen molar-refractivity contribution >= 4 is 17.2 Å². The first kappa shape index (κ1) is 12.2. The molecule has 0 spiro atoms. The Balaban J connectivity index is 2.32. The molecule has 0 amide bonds. The van der Waals surface area contributed by atoms with Gasteiger partial charge in [-0.1, -0.05) is 41.9 Å². The third-order valence-electron chi connectivity index (χ3n) is 3.10. The second kappa shape index (κ2) is 5.03. The molecule has 0 aliphatic carbocycles. The molecule has 0 fully saturated rings. The van der Waals surface area contributed by atoms with Gasteiger partial charge < -0.3 is 5.73 Å². The van der Waals surface area contributed by atoms with Crippen molar-refractivity contribution in [3.8, 4) is 11.3 Å². The second-order valence-electron chi connectivity index (χ2n) is 4.36. The summed E-state index contributed by atoms with van der Waals surface area (Å²) in [6.45, 7) is 0.571. The van der Waals surface area contributed by atoms with Crippen LogP contribution >= 0.6 is 11.6 Å². The van der Waals surface area contributed by atoms with E-state index >= 15 is 0 Å². The van der Waals surface area contributed by atoms with E-state index in [0.717, 1.165) is 29.0 Å². The number of nitrogens with zero attached hydrogens (tertiary/aromatic N) is 2. The van der Waals surface area contributed by atoms with Crippen molar-refractivity contribution in [2.75, 3.05) is 6.54 Å². The molecule has 0 saturated heterocycles. The molecule has 0 bridgehead atoms. The Kier molecular flexibility index (Phi) is 3.23. The first-order chi connectivity index (χ1) is 9.31. The van der Waals surface area contributed by atoms with E-state index in [1.807, 2.05) is 40.9 Å². The number of halogens is 1. The van der Waals surface area contributed by atoms with E-state index in [9.17, 15) is 0 Å². The number of nitrogens with two attached hydrogens (primary N) is 1. The third-order valence-corrected chi connectivity index (χ3v) is 3.40. The molecule has 2 N–H and O–H groups in total. The number of hydrogen-bond donors (Lipinski definition) is 1. The van der Waals surface area contributed by atoms with Gasteiger partial charge in [-0.15, -0.1) is 0 Å². The lowest BCUT2D eigenvalue weighted by molar-refractivity contribution is 0.939. The van der Waals surface area contributed by atoms with Crippen LogP contribution in [0.15, 0.2) is 48.7 Å². The SMILES string of the molecule is NCCc1nc2c(Cl)cccn2c1-c1ccccc1. The van der Waals surface area contributed by atoms with Crippen molar-refractivity contribution in [2.45, 2.75) is 6.42 Å². The molecule has 3 nitrogen and oxygen atoms in total. The van der Waals surface area contributed by atoms with Gasteiger partial charge in [0.2, 0.25) is 0 Å². The number of benzene rings is 1. The molecule has 19 heavy (non-hydrogen) atoms. The number of pyridine rings is 1. The summed E-state index contributed by atoms with van der Waals surface area (Å²) < 4.78 is 2.03. The minimum atomic E-state index is 0.571. The highest BCUT2D eigenvalue weighted by Gasteiger charge is 2.14. The van der Waals surface area contributed by atoms with Crippen LogP contribution in [0, 0.1) is 0 Å². The van der Waals surface area contributed by atoms with E-state index in [1.165, 1.54) is 0 Å². The number of rotatable bonds is 3. The van der Waals surface area contributed by atoms with Crippen LogP contribution in [-0.2, 0) is 6.42 Å². The van der Waals surface area contributed by atoms with Gasteiger partial charge in [0, 0.05) is 18.2 Å². The van der Waals surface area contributed by atoms with Crippen molar-refractivity contribution in [3.63, 3.8) is 0 Å². The first-order valence-corrected chi connectivity index (χ1v) is 6.60. The van der Waals surface area contributed by atoms with E-state index in [0.29, 0.717) is 11.6 Å². The summed E-state index contributed by atoms with van der Waals surface area (Å²) in [5, 5.41) is 0.656.